The second kappa shape index (κ2) is 6.25. The van der Waals surface area contributed by atoms with Crippen molar-refractivity contribution in [2.24, 2.45) is 5.73 Å². The summed E-state index contributed by atoms with van der Waals surface area (Å²) in [7, 11) is 0. The highest BCUT2D eigenvalue weighted by Gasteiger charge is 2.14. The third kappa shape index (κ3) is 3.30. The number of halogens is 2. The quantitative estimate of drug-likeness (QED) is 0.902. The Hall–Kier alpha value is -1.58. The van der Waals surface area contributed by atoms with Crippen molar-refractivity contribution >= 4 is 11.6 Å². The predicted molar refractivity (Wildman–Crippen MR) is 80.0 cm³/mol. The van der Waals surface area contributed by atoms with Crippen LogP contribution < -0.4 is 10.5 Å². The van der Waals surface area contributed by atoms with Gasteiger partial charge in [0.15, 0.2) is 11.6 Å². The molecule has 2 N–H and O–H groups in total. The summed E-state index contributed by atoms with van der Waals surface area (Å²) in [6.45, 7) is 3.59. The lowest BCUT2D eigenvalue weighted by molar-refractivity contribution is 0.434. The van der Waals surface area contributed by atoms with E-state index in [1.165, 1.54) is 0 Å². The summed E-state index contributed by atoms with van der Waals surface area (Å²) in [4.78, 5) is 0. The van der Waals surface area contributed by atoms with Gasteiger partial charge in [-0.3, -0.25) is 0 Å². The Bertz CT molecular complexity index is 613. The first-order valence-corrected chi connectivity index (χ1v) is 6.82. The molecule has 0 spiro atoms. The molecule has 0 amide bonds. The monoisotopic (exact) mass is 293 g/mol. The molecule has 0 bridgehead atoms. The van der Waals surface area contributed by atoms with Gasteiger partial charge in [0.1, 0.15) is 5.75 Å². The van der Waals surface area contributed by atoms with Gasteiger partial charge in [0.05, 0.1) is 5.02 Å². The van der Waals surface area contributed by atoms with Crippen LogP contribution in [0.4, 0.5) is 4.39 Å². The Balaban J connectivity index is 2.40. The Kier molecular flexibility index (Phi) is 4.63. The van der Waals surface area contributed by atoms with Crippen molar-refractivity contribution in [2.75, 3.05) is 0 Å². The number of rotatable bonds is 4. The number of hydrogen-bond donors (Lipinski definition) is 1. The number of nitrogens with two attached hydrogens (primary N) is 1. The van der Waals surface area contributed by atoms with Gasteiger partial charge in [0.2, 0.25) is 0 Å². The normalized spacial score (nSPS) is 12.2. The number of para-hydroxylation sites is 1. The van der Waals surface area contributed by atoms with Crippen molar-refractivity contribution in [1.29, 1.82) is 0 Å². The summed E-state index contributed by atoms with van der Waals surface area (Å²) in [5, 5.41) is 0.448. The van der Waals surface area contributed by atoms with Gasteiger partial charge in [-0.25, -0.2) is 4.39 Å². The standard InChI is InChI=1S/C16H17ClFNO/c1-10-5-3-8-14(15(10)18)20-16-12(9-11(2)19)6-4-7-13(16)17/h3-8,11H,9,19H2,1-2H3. The molecule has 0 radical (unpaired) electrons. The molecule has 0 heterocycles. The zero-order chi connectivity index (χ0) is 14.7. The minimum absolute atomic E-state index is 0.0295. The van der Waals surface area contributed by atoms with E-state index in [-0.39, 0.29) is 17.6 Å². The number of aryl methyl sites for hydroxylation is 1. The zero-order valence-corrected chi connectivity index (χ0v) is 12.2. The lowest BCUT2D eigenvalue weighted by atomic mass is 10.1. The molecular formula is C16H17ClFNO. The van der Waals surface area contributed by atoms with E-state index < -0.39 is 0 Å². The van der Waals surface area contributed by atoms with Crippen molar-refractivity contribution < 1.29 is 9.13 Å². The fourth-order valence-corrected chi connectivity index (χ4v) is 2.22. The van der Waals surface area contributed by atoms with Crippen LogP contribution in [0, 0.1) is 12.7 Å². The van der Waals surface area contributed by atoms with E-state index in [4.69, 9.17) is 22.1 Å². The van der Waals surface area contributed by atoms with Gasteiger partial charge >= 0.3 is 0 Å². The molecule has 20 heavy (non-hydrogen) atoms. The highest BCUT2D eigenvalue weighted by atomic mass is 35.5. The van der Waals surface area contributed by atoms with Gasteiger partial charge in [-0.1, -0.05) is 35.9 Å². The third-order valence-electron chi connectivity index (χ3n) is 2.96. The smallest absolute Gasteiger partial charge is 0.168 e. The van der Waals surface area contributed by atoms with Gasteiger partial charge in [0.25, 0.3) is 0 Å². The van der Waals surface area contributed by atoms with Crippen LogP contribution >= 0.6 is 11.6 Å². The molecule has 0 aliphatic carbocycles. The molecule has 0 aliphatic rings. The molecule has 0 aliphatic heterocycles. The first kappa shape index (κ1) is 14.8. The topological polar surface area (TPSA) is 35.2 Å². The summed E-state index contributed by atoms with van der Waals surface area (Å²) >= 11 is 6.17. The molecule has 2 aromatic rings. The Morgan fingerprint density at radius 3 is 2.65 bits per heavy atom. The predicted octanol–water partition coefficient (Wildman–Crippen LogP) is 4.47. The molecule has 4 heteroatoms. The van der Waals surface area contributed by atoms with Crippen LogP contribution in [0.25, 0.3) is 0 Å². The number of ether oxygens (including phenoxy) is 1. The average Bonchev–Trinajstić information content (AvgIpc) is 2.38. The molecule has 0 saturated heterocycles. The second-order valence-corrected chi connectivity index (χ2v) is 5.31. The summed E-state index contributed by atoms with van der Waals surface area (Å²) in [6, 6.07) is 10.4. The van der Waals surface area contributed by atoms with Crippen LogP contribution in [-0.2, 0) is 6.42 Å². The maximum Gasteiger partial charge on any atom is 0.168 e. The van der Waals surface area contributed by atoms with E-state index in [9.17, 15) is 4.39 Å². The van der Waals surface area contributed by atoms with E-state index in [0.29, 0.717) is 22.8 Å². The van der Waals surface area contributed by atoms with E-state index in [0.717, 1.165) is 5.56 Å². The molecule has 0 saturated carbocycles. The lowest BCUT2D eigenvalue weighted by Crippen LogP contribution is -2.18. The first-order valence-electron chi connectivity index (χ1n) is 6.45. The molecule has 0 aromatic heterocycles. The highest BCUT2D eigenvalue weighted by molar-refractivity contribution is 6.32. The van der Waals surface area contributed by atoms with Crippen LogP contribution in [0.1, 0.15) is 18.1 Å². The molecule has 2 aromatic carbocycles. The molecule has 106 valence electrons. The first-order chi connectivity index (χ1) is 9.49. The van der Waals surface area contributed by atoms with Gasteiger partial charge in [0, 0.05) is 6.04 Å². The summed E-state index contributed by atoms with van der Waals surface area (Å²) in [5.74, 6) is 0.263. The number of hydrogen-bond acceptors (Lipinski definition) is 2. The molecule has 1 unspecified atom stereocenters. The lowest BCUT2D eigenvalue weighted by Gasteiger charge is -2.15. The molecular weight excluding hydrogens is 277 g/mol. The fourth-order valence-electron chi connectivity index (χ4n) is 1.98. The Morgan fingerprint density at radius 1 is 1.25 bits per heavy atom. The van der Waals surface area contributed by atoms with Gasteiger partial charge in [-0.15, -0.1) is 0 Å². The van der Waals surface area contributed by atoms with Gasteiger partial charge in [-0.2, -0.15) is 0 Å². The van der Waals surface area contributed by atoms with Crippen LogP contribution in [0.2, 0.25) is 5.02 Å². The molecule has 0 fully saturated rings. The van der Waals surface area contributed by atoms with E-state index in [2.05, 4.69) is 0 Å². The second-order valence-electron chi connectivity index (χ2n) is 4.90. The average molecular weight is 294 g/mol. The molecule has 2 rings (SSSR count). The largest absolute Gasteiger partial charge is 0.452 e. The minimum atomic E-state index is -0.376. The summed E-state index contributed by atoms with van der Waals surface area (Å²) in [5.41, 5.74) is 7.22. The van der Waals surface area contributed by atoms with E-state index in [1.807, 2.05) is 19.1 Å². The fraction of sp³-hybridized carbons (Fsp3) is 0.250. The van der Waals surface area contributed by atoms with Crippen molar-refractivity contribution in [2.45, 2.75) is 26.3 Å². The maximum atomic E-state index is 14.0. The van der Waals surface area contributed by atoms with Crippen LogP contribution in [0.5, 0.6) is 11.5 Å². The summed E-state index contributed by atoms with van der Waals surface area (Å²) < 4.78 is 19.7. The molecule has 1 atom stereocenters. The zero-order valence-electron chi connectivity index (χ0n) is 11.5. The van der Waals surface area contributed by atoms with Crippen LogP contribution in [0.3, 0.4) is 0 Å². The Labute approximate surface area is 123 Å². The van der Waals surface area contributed by atoms with Crippen LogP contribution in [0.15, 0.2) is 36.4 Å². The van der Waals surface area contributed by atoms with E-state index in [1.54, 1.807) is 31.2 Å². The summed E-state index contributed by atoms with van der Waals surface area (Å²) in [6.07, 6.45) is 0.614. The van der Waals surface area contributed by atoms with Crippen molar-refractivity contribution in [3.8, 4) is 11.5 Å². The SMILES string of the molecule is Cc1cccc(Oc2c(Cl)cccc2CC(C)N)c1F. The van der Waals surface area contributed by atoms with E-state index >= 15 is 0 Å². The minimum Gasteiger partial charge on any atom is -0.452 e. The van der Waals surface area contributed by atoms with Crippen LogP contribution in [-0.4, -0.2) is 6.04 Å². The molecule has 2 nitrogen and oxygen atoms in total. The van der Waals surface area contributed by atoms with Crippen molar-refractivity contribution in [3.05, 3.63) is 58.4 Å². The third-order valence-corrected chi connectivity index (χ3v) is 3.26. The van der Waals surface area contributed by atoms with Gasteiger partial charge < -0.3 is 10.5 Å². The van der Waals surface area contributed by atoms with Crippen molar-refractivity contribution in [1.82, 2.24) is 0 Å². The maximum absolute atomic E-state index is 14.0. The van der Waals surface area contributed by atoms with Crippen molar-refractivity contribution in [3.63, 3.8) is 0 Å². The number of benzene rings is 2. The highest BCUT2D eigenvalue weighted by Crippen LogP contribution is 2.35. The van der Waals surface area contributed by atoms with Gasteiger partial charge in [-0.05, 0) is 43.5 Å². The Morgan fingerprint density at radius 2 is 1.95 bits per heavy atom.